The Labute approximate surface area is 191 Å². The maximum Gasteiger partial charge on any atom is 0.243 e. The molecule has 1 saturated heterocycles. The van der Waals surface area contributed by atoms with E-state index in [0.717, 1.165) is 23.0 Å². The summed E-state index contributed by atoms with van der Waals surface area (Å²) in [5.74, 6) is -0.228. The summed E-state index contributed by atoms with van der Waals surface area (Å²) in [4.78, 5) is 32.7. The summed E-state index contributed by atoms with van der Waals surface area (Å²) in [6, 6.07) is 23.9. The van der Waals surface area contributed by atoms with E-state index in [2.05, 4.69) is 41.4 Å². The van der Waals surface area contributed by atoms with Crippen molar-refractivity contribution >= 4 is 28.4 Å². The summed E-state index contributed by atoms with van der Waals surface area (Å²) in [5.41, 5.74) is 6.30. The number of benzene rings is 3. The Kier molecular flexibility index (Phi) is 3.72. The Morgan fingerprint density at radius 1 is 0.879 bits per heavy atom. The fourth-order valence-corrected chi connectivity index (χ4v) is 6.51. The number of carbonyl (C=O) groups excluding carboxylic acids is 2. The molecule has 162 valence electrons. The Bertz CT molecular complexity index is 1450. The highest BCUT2D eigenvalue weighted by Gasteiger charge is 2.60. The number of methoxy groups -OCH3 is 1. The van der Waals surface area contributed by atoms with Crippen molar-refractivity contribution < 1.29 is 14.3 Å². The number of imide groups is 1. The predicted octanol–water partition coefficient (Wildman–Crippen LogP) is 4.77. The number of amides is 2. The van der Waals surface area contributed by atoms with Crippen molar-refractivity contribution in [2.45, 2.75) is 18.3 Å². The second kappa shape index (κ2) is 6.58. The van der Waals surface area contributed by atoms with Crippen molar-refractivity contribution in [3.05, 3.63) is 95.2 Å². The van der Waals surface area contributed by atoms with E-state index in [1.807, 2.05) is 12.1 Å². The van der Waals surface area contributed by atoms with Gasteiger partial charge in [-0.15, -0.1) is 0 Å². The lowest BCUT2D eigenvalue weighted by Crippen LogP contribution is -2.35. The van der Waals surface area contributed by atoms with Crippen LogP contribution in [0.15, 0.2) is 72.8 Å². The van der Waals surface area contributed by atoms with Gasteiger partial charge in [-0.25, -0.2) is 4.90 Å². The number of anilines is 1. The van der Waals surface area contributed by atoms with Gasteiger partial charge < -0.3 is 9.72 Å². The Morgan fingerprint density at radius 2 is 1.64 bits per heavy atom. The largest absolute Gasteiger partial charge is 0.497 e. The molecule has 1 fully saturated rings. The first-order valence-corrected chi connectivity index (χ1v) is 11.4. The van der Waals surface area contributed by atoms with Crippen molar-refractivity contribution in [3.63, 3.8) is 0 Å². The van der Waals surface area contributed by atoms with Crippen molar-refractivity contribution in [2.75, 3.05) is 12.0 Å². The number of fused-ring (bicyclic) bond motifs is 10. The third-order valence-electron chi connectivity index (χ3n) is 7.82. The van der Waals surface area contributed by atoms with Gasteiger partial charge in [0.05, 0.1) is 24.6 Å². The van der Waals surface area contributed by atoms with Crippen molar-refractivity contribution in [3.8, 4) is 5.75 Å². The molecule has 0 radical (unpaired) electrons. The monoisotopic (exact) mass is 434 g/mol. The lowest BCUT2D eigenvalue weighted by Gasteiger charge is -2.34. The maximum atomic E-state index is 13.9. The van der Waals surface area contributed by atoms with Crippen LogP contribution in [0.4, 0.5) is 5.69 Å². The quantitative estimate of drug-likeness (QED) is 0.463. The number of H-pyrrole nitrogens is 1. The molecule has 1 aromatic heterocycles. The highest BCUT2D eigenvalue weighted by molar-refractivity contribution is 6.24. The average Bonchev–Trinajstić information content (AvgIpc) is 3.49. The van der Waals surface area contributed by atoms with Crippen LogP contribution in [0.1, 0.15) is 34.2 Å². The second-order valence-electron chi connectivity index (χ2n) is 9.26. The third kappa shape index (κ3) is 2.37. The van der Waals surface area contributed by atoms with Crippen LogP contribution >= 0.6 is 0 Å². The molecule has 3 aromatic carbocycles. The molecule has 3 aliphatic rings. The number of rotatable bonds is 2. The molecule has 4 unspecified atom stereocenters. The minimum Gasteiger partial charge on any atom is -0.497 e. The molecule has 5 nitrogen and oxygen atoms in total. The molecule has 2 heterocycles. The number of para-hydroxylation sites is 1. The lowest BCUT2D eigenvalue weighted by atomic mass is 9.66. The number of aromatic nitrogens is 1. The minimum atomic E-state index is -0.488. The van der Waals surface area contributed by atoms with Gasteiger partial charge in [0.25, 0.3) is 0 Å². The zero-order chi connectivity index (χ0) is 22.3. The van der Waals surface area contributed by atoms with Crippen LogP contribution in [0.3, 0.4) is 0 Å². The fraction of sp³-hybridized carbons (Fsp3) is 0.214. The minimum absolute atomic E-state index is 0.0683. The van der Waals surface area contributed by atoms with E-state index in [9.17, 15) is 9.59 Å². The number of hydrogen-bond acceptors (Lipinski definition) is 3. The summed E-state index contributed by atoms with van der Waals surface area (Å²) in [5, 5.41) is 1.15. The summed E-state index contributed by atoms with van der Waals surface area (Å²) < 4.78 is 5.26. The molecule has 4 atom stereocenters. The summed E-state index contributed by atoms with van der Waals surface area (Å²) in [6.07, 6.45) is 0.816. The molecular formula is C28H22N2O3. The molecule has 1 N–H and O–H groups in total. The molecule has 0 spiro atoms. The van der Waals surface area contributed by atoms with Gasteiger partial charge in [-0.05, 0) is 59.4 Å². The summed E-state index contributed by atoms with van der Waals surface area (Å²) >= 11 is 0. The third-order valence-corrected chi connectivity index (χ3v) is 7.82. The van der Waals surface area contributed by atoms with Crippen LogP contribution in [-0.2, 0) is 16.0 Å². The maximum absolute atomic E-state index is 13.9. The summed E-state index contributed by atoms with van der Waals surface area (Å²) in [7, 11) is 1.60. The molecule has 5 heteroatoms. The zero-order valence-electron chi connectivity index (χ0n) is 18.1. The lowest BCUT2D eigenvalue weighted by molar-refractivity contribution is -0.123. The van der Waals surface area contributed by atoms with Crippen LogP contribution in [0.5, 0.6) is 5.75 Å². The molecule has 0 saturated carbocycles. The standard InChI is InChI=1S/C28H22N2O3/c1-33-17-12-10-16(11-13-17)30-27(31)24-20-14-15-6-2-3-7-18(15)22(20)23-19-8-4-5-9-21(19)29-26(23)25(24)28(30)32/h2-13,20,22,24-25,29H,14H2,1H3. The molecule has 2 amide bonds. The van der Waals surface area contributed by atoms with E-state index >= 15 is 0 Å². The second-order valence-corrected chi connectivity index (χ2v) is 9.26. The first-order valence-electron chi connectivity index (χ1n) is 11.4. The molecule has 4 aromatic rings. The van der Waals surface area contributed by atoms with E-state index in [0.29, 0.717) is 11.4 Å². The van der Waals surface area contributed by atoms with E-state index < -0.39 is 5.92 Å². The van der Waals surface area contributed by atoms with Crippen molar-refractivity contribution in [1.29, 1.82) is 0 Å². The van der Waals surface area contributed by atoms with Gasteiger partial charge in [0, 0.05) is 22.5 Å². The van der Waals surface area contributed by atoms with E-state index in [1.54, 1.807) is 31.4 Å². The van der Waals surface area contributed by atoms with Gasteiger partial charge in [0.1, 0.15) is 5.75 Å². The molecule has 0 bridgehead atoms. The highest BCUT2D eigenvalue weighted by Crippen LogP contribution is 2.59. The zero-order valence-corrected chi connectivity index (χ0v) is 18.1. The summed E-state index contributed by atoms with van der Waals surface area (Å²) in [6.45, 7) is 0. The van der Waals surface area contributed by atoms with Crippen LogP contribution in [0, 0.1) is 11.8 Å². The van der Waals surface area contributed by atoms with Gasteiger partial charge in [0.15, 0.2) is 0 Å². The first-order chi connectivity index (χ1) is 16.2. The average molecular weight is 434 g/mol. The normalized spacial score (nSPS) is 25.1. The van der Waals surface area contributed by atoms with Crippen LogP contribution in [0.2, 0.25) is 0 Å². The van der Waals surface area contributed by atoms with E-state index in [4.69, 9.17) is 4.74 Å². The molecular weight excluding hydrogens is 412 g/mol. The predicted molar refractivity (Wildman–Crippen MR) is 125 cm³/mol. The number of ether oxygens (including phenoxy) is 1. The molecule has 2 aliphatic carbocycles. The van der Waals surface area contributed by atoms with Crippen molar-refractivity contribution in [1.82, 2.24) is 4.98 Å². The number of aromatic amines is 1. The Morgan fingerprint density at radius 3 is 2.45 bits per heavy atom. The molecule has 7 rings (SSSR count). The van der Waals surface area contributed by atoms with Gasteiger partial charge in [-0.1, -0.05) is 42.5 Å². The first kappa shape index (κ1) is 18.7. The topological polar surface area (TPSA) is 62.4 Å². The number of carbonyl (C=O) groups is 2. The van der Waals surface area contributed by atoms with Gasteiger partial charge in [0.2, 0.25) is 11.8 Å². The Hall–Kier alpha value is -3.86. The van der Waals surface area contributed by atoms with E-state index in [-0.39, 0.29) is 29.6 Å². The van der Waals surface area contributed by atoms with Gasteiger partial charge in [-0.2, -0.15) is 0 Å². The molecule has 1 aliphatic heterocycles. The SMILES string of the molecule is COc1ccc(N2C(=O)C3c4[nH]c5ccccc5c4C4c5ccccc5CC4C3C2=O)cc1. The smallest absolute Gasteiger partial charge is 0.243 e. The van der Waals surface area contributed by atoms with Crippen LogP contribution in [-0.4, -0.2) is 23.9 Å². The number of nitrogens with one attached hydrogen (secondary N) is 1. The van der Waals surface area contributed by atoms with Gasteiger partial charge >= 0.3 is 0 Å². The fourth-order valence-electron chi connectivity index (χ4n) is 6.51. The molecule has 33 heavy (non-hydrogen) atoms. The highest BCUT2D eigenvalue weighted by atomic mass is 16.5. The number of nitrogens with zero attached hydrogens (tertiary/aromatic N) is 1. The van der Waals surface area contributed by atoms with Crippen LogP contribution in [0.25, 0.3) is 10.9 Å². The van der Waals surface area contributed by atoms with E-state index in [1.165, 1.54) is 21.6 Å². The van der Waals surface area contributed by atoms with Crippen LogP contribution < -0.4 is 9.64 Å². The van der Waals surface area contributed by atoms with Gasteiger partial charge in [-0.3, -0.25) is 9.59 Å². The number of hydrogen-bond donors (Lipinski definition) is 1. The van der Waals surface area contributed by atoms with Crippen molar-refractivity contribution in [2.24, 2.45) is 11.8 Å². The Balaban J connectivity index is 1.45.